The Hall–Kier alpha value is -4.14. The molecule has 3 atom stereocenters. The van der Waals surface area contributed by atoms with Crippen LogP contribution in [-0.4, -0.2) is 70.4 Å². The Balaban J connectivity index is 1.53. The maximum absolute atomic E-state index is 14.4. The number of hydrogen-bond acceptors (Lipinski definition) is 5. The predicted octanol–water partition coefficient (Wildman–Crippen LogP) is 5.64. The second-order valence-corrected chi connectivity index (χ2v) is 11.3. The summed E-state index contributed by atoms with van der Waals surface area (Å²) in [4.78, 5) is 30.7. The van der Waals surface area contributed by atoms with Crippen LogP contribution < -0.4 is 4.74 Å². The summed E-state index contributed by atoms with van der Waals surface area (Å²) < 4.78 is 14.1. The van der Waals surface area contributed by atoms with Crippen molar-refractivity contribution in [2.45, 2.75) is 39.5 Å². The number of fused-ring (bicyclic) bond motifs is 5. The Morgan fingerprint density at radius 1 is 1.10 bits per heavy atom. The number of likely N-dealkylation sites (N-methyl/N-ethyl adjacent to an activating group) is 1. The third kappa shape index (κ3) is 5.78. The zero-order valence-electron chi connectivity index (χ0n) is 24.9. The van der Waals surface area contributed by atoms with Crippen molar-refractivity contribution in [1.82, 2.24) is 14.4 Å². The van der Waals surface area contributed by atoms with Crippen LogP contribution in [0.3, 0.4) is 0 Å². The number of aliphatic hydroxyl groups excluding tert-OH is 1. The van der Waals surface area contributed by atoms with Gasteiger partial charge in [-0.05, 0) is 43.2 Å². The van der Waals surface area contributed by atoms with Gasteiger partial charge < -0.3 is 28.9 Å². The van der Waals surface area contributed by atoms with E-state index >= 15 is 0 Å². The minimum atomic E-state index is -0.486. The fraction of sp³-hybridized carbons (Fsp3) is 0.353. The van der Waals surface area contributed by atoms with Crippen molar-refractivity contribution in [1.29, 1.82) is 0 Å². The van der Waals surface area contributed by atoms with Crippen molar-refractivity contribution in [3.05, 3.63) is 89.6 Å². The molecule has 42 heavy (non-hydrogen) atoms. The van der Waals surface area contributed by atoms with Gasteiger partial charge in [-0.3, -0.25) is 4.79 Å². The van der Waals surface area contributed by atoms with Crippen LogP contribution in [0.25, 0.3) is 22.0 Å². The first kappa shape index (κ1) is 29.4. The highest BCUT2D eigenvalue weighted by molar-refractivity contribution is 6.10. The van der Waals surface area contributed by atoms with Crippen molar-refractivity contribution in [3.8, 4) is 16.9 Å². The van der Waals surface area contributed by atoms with E-state index in [-0.39, 0.29) is 25.0 Å². The molecule has 0 saturated carbocycles. The van der Waals surface area contributed by atoms with E-state index in [4.69, 9.17) is 9.47 Å². The van der Waals surface area contributed by atoms with Crippen molar-refractivity contribution >= 4 is 22.9 Å². The summed E-state index contributed by atoms with van der Waals surface area (Å²) >= 11 is 0. The number of aryl methyl sites for hydroxylation is 2. The highest BCUT2D eigenvalue weighted by Gasteiger charge is 2.34. The Bertz CT molecular complexity index is 1580. The molecule has 4 aromatic rings. The number of aromatic nitrogens is 1. The minimum Gasteiger partial charge on any atom is -0.410 e. The van der Waals surface area contributed by atoms with E-state index in [1.807, 2.05) is 93.0 Å². The number of amides is 2. The highest BCUT2D eigenvalue weighted by atomic mass is 16.6. The van der Waals surface area contributed by atoms with Crippen molar-refractivity contribution < 1.29 is 24.2 Å². The zero-order chi connectivity index (χ0) is 30.0. The van der Waals surface area contributed by atoms with Gasteiger partial charge in [0.2, 0.25) is 0 Å². The molecule has 0 saturated heterocycles. The van der Waals surface area contributed by atoms with E-state index < -0.39 is 18.2 Å². The average Bonchev–Trinajstić information content (AvgIpc) is 3.29. The molecule has 1 N–H and O–H groups in total. The molecule has 3 aromatic carbocycles. The number of hydrogen-bond donors (Lipinski definition) is 1. The van der Waals surface area contributed by atoms with Crippen LogP contribution in [-0.2, 0) is 18.4 Å². The van der Waals surface area contributed by atoms with Gasteiger partial charge in [-0.2, -0.15) is 0 Å². The predicted molar refractivity (Wildman–Crippen MR) is 164 cm³/mol. The molecule has 0 unspecified atom stereocenters. The molecule has 1 aliphatic heterocycles. The van der Waals surface area contributed by atoms with E-state index in [2.05, 4.69) is 0 Å². The molecular formula is C34H39N3O5. The van der Waals surface area contributed by atoms with E-state index in [0.717, 1.165) is 33.2 Å². The normalized spacial score (nSPS) is 18.1. The van der Waals surface area contributed by atoms with Crippen LogP contribution >= 0.6 is 0 Å². The van der Waals surface area contributed by atoms with Crippen LogP contribution in [0.4, 0.5) is 4.79 Å². The maximum atomic E-state index is 14.4. The monoisotopic (exact) mass is 569 g/mol. The van der Waals surface area contributed by atoms with Gasteiger partial charge in [-0.25, -0.2) is 4.79 Å². The molecule has 220 valence electrons. The molecule has 2 amide bonds. The van der Waals surface area contributed by atoms with E-state index in [0.29, 0.717) is 24.6 Å². The second-order valence-electron chi connectivity index (χ2n) is 11.3. The molecule has 0 aliphatic carbocycles. The lowest BCUT2D eigenvalue weighted by Crippen LogP contribution is -2.48. The molecule has 8 nitrogen and oxygen atoms in total. The molecule has 0 radical (unpaired) electrons. The number of nitrogens with zero attached hydrogens (tertiary/aromatic N) is 3. The zero-order valence-corrected chi connectivity index (χ0v) is 24.9. The van der Waals surface area contributed by atoms with Crippen molar-refractivity contribution in [2.75, 3.05) is 26.7 Å². The van der Waals surface area contributed by atoms with Gasteiger partial charge in [0.05, 0.1) is 31.9 Å². The smallest absolute Gasteiger partial charge is 0.410 e. The molecule has 5 rings (SSSR count). The summed E-state index contributed by atoms with van der Waals surface area (Å²) in [5.41, 5.74) is 5.35. The van der Waals surface area contributed by atoms with Crippen LogP contribution in [0.2, 0.25) is 0 Å². The Morgan fingerprint density at radius 2 is 1.79 bits per heavy atom. The van der Waals surface area contributed by atoms with Gasteiger partial charge in [-0.1, -0.05) is 67.1 Å². The van der Waals surface area contributed by atoms with E-state index in [9.17, 15) is 14.7 Å². The average molecular weight is 570 g/mol. The maximum Gasteiger partial charge on any atom is 0.415 e. The number of carbonyl (C=O) groups is 2. The van der Waals surface area contributed by atoms with E-state index in [1.54, 1.807) is 24.1 Å². The van der Waals surface area contributed by atoms with Gasteiger partial charge in [-0.15, -0.1) is 0 Å². The van der Waals surface area contributed by atoms with Gasteiger partial charge >= 0.3 is 6.09 Å². The number of carbonyl (C=O) groups excluding carboxylic acids is 2. The fourth-order valence-corrected chi connectivity index (χ4v) is 5.66. The third-order valence-electron chi connectivity index (χ3n) is 8.22. The lowest BCUT2D eigenvalue weighted by molar-refractivity contribution is -0.0206. The summed E-state index contributed by atoms with van der Waals surface area (Å²) in [6.45, 7) is 6.56. The first-order valence-corrected chi connectivity index (χ1v) is 14.4. The summed E-state index contributed by atoms with van der Waals surface area (Å²) in [6, 6.07) is 22.9. The largest absolute Gasteiger partial charge is 0.415 e. The molecule has 0 spiro atoms. The molecular weight excluding hydrogens is 530 g/mol. The van der Waals surface area contributed by atoms with Crippen LogP contribution in [0.1, 0.15) is 35.5 Å². The standard InChI is InChI=1S/C34H39N3O5/c1-22-14-16-26(17-15-22)42-34(40)35(4)19-30-23(2)18-37(24(3)20-38)33(39)32-31(27-11-7-6-10-25(27)21-41-30)28-12-8-9-13-29(28)36(32)5/h6-17,23-24,30,38H,18-21H2,1-5H3/t23-,24+,30+/m1/s1. The molecule has 0 bridgehead atoms. The number of benzene rings is 3. The first-order chi connectivity index (χ1) is 20.2. The summed E-state index contributed by atoms with van der Waals surface area (Å²) in [5.74, 6) is 0.155. The van der Waals surface area contributed by atoms with Gasteiger partial charge in [0.1, 0.15) is 11.4 Å². The lowest BCUT2D eigenvalue weighted by Gasteiger charge is -2.34. The van der Waals surface area contributed by atoms with E-state index in [1.165, 1.54) is 4.90 Å². The Kier molecular flexibility index (Phi) is 8.66. The third-order valence-corrected chi connectivity index (χ3v) is 8.22. The van der Waals surface area contributed by atoms with Crippen LogP contribution in [0.15, 0.2) is 72.8 Å². The summed E-state index contributed by atoms with van der Waals surface area (Å²) in [7, 11) is 3.60. The Labute approximate surface area is 247 Å². The second kappa shape index (κ2) is 12.4. The van der Waals surface area contributed by atoms with Gasteiger partial charge in [0, 0.05) is 43.0 Å². The lowest BCUT2D eigenvalue weighted by atomic mass is 9.96. The molecule has 8 heteroatoms. The topological polar surface area (TPSA) is 84.2 Å². The number of aliphatic hydroxyl groups is 1. The summed E-state index contributed by atoms with van der Waals surface area (Å²) in [6.07, 6.45) is -0.896. The highest BCUT2D eigenvalue weighted by Crippen LogP contribution is 2.38. The molecule has 0 fully saturated rings. The van der Waals surface area contributed by atoms with Crippen molar-refractivity contribution in [2.24, 2.45) is 13.0 Å². The summed E-state index contributed by atoms with van der Waals surface area (Å²) in [5, 5.41) is 11.2. The Morgan fingerprint density at radius 3 is 2.52 bits per heavy atom. The van der Waals surface area contributed by atoms with Crippen LogP contribution in [0.5, 0.6) is 5.75 Å². The van der Waals surface area contributed by atoms with Gasteiger partial charge in [0.15, 0.2) is 0 Å². The molecule has 1 aliphatic rings. The van der Waals surface area contributed by atoms with Crippen LogP contribution in [0, 0.1) is 12.8 Å². The quantitative estimate of drug-likeness (QED) is 0.336. The molecule has 1 aromatic heterocycles. The number of ether oxygens (including phenoxy) is 2. The van der Waals surface area contributed by atoms with Crippen molar-refractivity contribution in [3.63, 3.8) is 0 Å². The number of para-hydroxylation sites is 1. The minimum absolute atomic E-state index is 0.153. The molecule has 2 heterocycles. The number of rotatable bonds is 5. The van der Waals surface area contributed by atoms with Gasteiger partial charge in [0.25, 0.3) is 5.91 Å². The SMILES string of the molecule is Cc1ccc(OC(=O)N(C)C[C@@H]2OCc3ccccc3-c3c(n(C)c4ccccc34)C(=O)N([C@@H](C)CO)C[C@H]2C)cc1. The fourth-order valence-electron chi connectivity index (χ4n) is 5.66. The first-order valence-electron chi connectivity index (χ1n) is 14.4.